The van der Waals surface area contributed by atoms with Crippen LogP contribution in [0.2, 0.25) is 0 Å². The van der Waals surface area contributed by atoms with E-state index in [9.17, 15) is 4.79 Å². The van der Waals surface area contributed by atoms with Crippen molar-refractivity contribution in [1.29, 1.82) is 0 Å². The number of carbonyl (C=O) groups excluding carboxylic acids is 1. The van der Waals surface area contributed by atoms with Gasteiger partial charge < -0.3 is 14.5 Å². The summed E-state index contributed by atoms with van der Waals surface area (Å²) in [5.74, 6) is 0.436. The first-order valence-electron chi connectivity index (χ1n) is 4.65. The van der Waals surface area contributed by atoms with Crippen molar-refractivity contribution < 1.29 is 9.53 Å². The summed E-state index contributed by atoms with van der Waals surface area (Å²) in [5, 5.41) is 0. The minimum absolute atomic E-state index is 0.0809. The van der Waals surface area contributed by atoms with E-state index in [1.807, 2.05) is 4.90 Å². The molecular weight excluding hydrogens is 168 g/mol. The second-order valence-electron chi connectivity index (χ2n) is 3.80. The van der Waals surface area contributed by atoms with Gasteiger partial charge in [0.2, 0.25) is 0 Å². The monoisotopic (exact) mass is 186 g/mol. The van der Waals surface area contributed by atoms with E-state index in [4.69, 9.17) is 4.74 Å². The van der Waals surface area contributed by atoms with E-state index in [2.05, 4.69) is 6.92 Å². The molecule has 0 bridgehead atoms. The second kappa shape index (κ2) is 4.46. The van der Waals surface area contributed by atoms with Crippen LogP contribution in [-0.4, -0.2) is 56.2 Å². The fraction of sp³-hybridized carbons (Fsp3) is 0.889. The predicted molar refractivity (Wildman–Crippen MR) is 50.6 cm³/mol. The lowest BCUT2D eigenvalue weighted by atomic mass is 10.2. The number of hydrogen-bond donors (Lipinski definition) is 0. The van der Waals surface area contributed by atoms with Gasteiger partial charge in [-0.3, -0.25) is 0 Å². The largest absolute Gasteiger partial charge is 0.379 e. The standard InChI is InChI=1S/C9H18N2O2/c1-8-6-11(4-5-13-7-8)9(12)10(2)3/h8H,4-7H2,1-3H3. The first-order chi connectivity index (χ1) is 6.11. The van der Waals surface area contributed by atoms with E-state index in [1.54, 1.807) is 19.0 Å². The fourth-order valence-corrected chi connectivity index (χ4v) is 1.44. The molecule has 4 nitrogen and oxygen atoms in total. The summed E-state index contributed by atoms with van der Waals surface area (Å²) in [6.45, 7) is 5.03. The highest BCUT2D eigenvalue weighted by atomic mass is 16.5. The molecule has 1 aliphatic heterocycles. The van der Waals surface area contributed by atoms with Crippen LogP contribution in [0.25, 0.3) is 0 Å². The molecular formula is C9H18N2O2. The third-order valence-electron chi connectivity index (χ3n) is 2.09. The minimum atomic E-state index is 0.0809. The Morgan fingerprint density at radius 1 is 1.54 bits per heavy atom. The lowest BCUT2D eigenvalue weighted by Crippen LogP contribution is -2.41. The zero-order valence-electron chi connectivity index (χ0n) is 8.62. The van der Waals surface area contributed by atoms with Crippen LogP contribution in [0.3, 0.4) is 0 Å². The van der Waals surface area contributed by atoms with Crippen molar-refractivity contribution in [3.63, 3.8) is 0 Å². The Balaban J connectivity index is 2.52. The van der Waals surface area contributed by atoms with Gasteiger partial charge in [-0.1, -0.05) is 6.92 Å². The molecule has 2 amide bonds. The Morgan fingerprint density at radius 2 is 2.23 bits per heavy atom. The Morgan fingerprint density at radius 3 is 2.85 bits per heavy atom. The van der Waals surface area contributed by atoms with Crippen molar-refractivity contribution >= 4 is 6.03 Å². The SMILES string of the molecule is CC1COCCN(C(=O)N(C)C)C1. The zero-order chi connectivity index (χ0) is 9.84. The van der Waals surface area contributed by atoms with Crippen molar-refractivity contribution in [2.24, 2.45) is 5.92 Å². The number of hydrogen-bond acceptors (Lipinski definition) is 2. The zero-order valence-corrected chi connectivity index (χ0v) is 8.62. The van der Waals surface area contributed by atoms with Crippen LogP contribution in [0, 0.1) is 5.92 Å². The van der Waals surface area contributed by atoms with E-state index < -0.39 is 0 Å². The molecule has 0 saturated carbocycles. The van der Waals surface area contributed by atoms with Crippen LogP contribution in [-0.2, 0) is 4.74 Å². The number of urea groups is 1. The molecule has 1 heterocycles. The molecule has 4 heteroatoms. The van der Waals surface area contributed by atoms with Gasteiger partial charge in [0, 0.05) is 27.2 Å². The first kappa shape index (κ1) is 10.3. The molecule has 1 fully saturated rings. The molecule has 1 rings (SSSR count). The number of ether oxygens (including phenoxy) is 1. The van der Waals surface area contributed by atoms with Gasteiger partial charge in [-0.2, -0.15) is 0 Å². The molecule has 0 radical (unpaired) electrons. The van der Waals surface area contributed by atoms with Crippen molar-refractivity contribution in [1.82, 2.24) is 9.80 Å². The highest BCUT2D eigenvalue weighted by Gasteiger charge is 2.20. The number of carbonyl (C=O) groups is 1. The minimum Gasteiger partial charge on any atom is -0.379 e. The smallest absolute Gasteiger partial charge is 0.319 e. The Bertz CT molecular complexity index is 182. The highest BCUT2D eigenvalue weighted by Crippen LogP contribution is 2.07. The third-order valence-corrected chi connectivity index (χ3v) is 2.09. The molecule has 1 aliphatic rings. The van der Waals surface area contributed by atoms with Gasteiger partial charge in [-0.05, 0) is 5.92 Å². The van der Waals surface area contributed by atoms with Crippen molar-refractivity contribution in [2.45, 2.75) is 6.92 Å². The molecule has 1 atom stereocenters. The van der Waals surface area contributed by atoms with Gasteiger partial charge in [0.25, 0.3) is 0 Å². The van der Waals surface area contributed by atoms with E-state index in [1.165, 1.54) is 0 Å². The lowest BCUT2D eigenvalue weighted by molar-refractivity contribution is 0.125. The normalized spacial score (nSPS) is 23.9. The van der Waals surface area contributed by atoms with Crippen LogP contribution >= 0.6 is 0 Å². The molecule has 0 aromatic rings. The number of amides is 2. The summed E-state index contributed by atoms with van der Waals surface area (Å²) in [5.41, 5.74) is 0. The Hall–Kier alpha value is -0.770. The average Bonchev–Trinajstić information content (AvgIpc) is 2.28. The maximum atomic E-state index is 11.6. The van der Waals surface area contributed by atoms with E-state index in [0.717, 1.165) is 13.2 Å². The van der Waals surface area contributed by atoms with Gasteiger partial charge in [-0.15, -0.1) is 0 Å². The Kier molecular flexibility index (Phi) is 3.54. The topological polar surface area (TPSA) is 32.8 Å². The van der Waals surface area contributed by atoms with Crippen LogP contribution in [0.15, 0.2) is 0 Å². The summed E-state index contributed by atoms with van der Waals surface area (Å²) in [6.07, 6.45) is 0. The fourth-order valence-electron chi connectivity index (χ4n) is 1.44. The van der Waals surface area contributed by atoms with Gasteiger partial charge in [0.15, 0.2) is 0 Å². The molecule has 0 aromatic heterocycles. The molecule has 1 unspecified atom stereocenters. The van der Waals surface area contributed by atoms with Crippen LogP contribution in [0.4, 0.5) is 4.79 Å². The molecule has 13 heavy (non-hydrogen) atoms. The molecule has 0 N–H and O–H groups in total. The lowest BCUT2D eigenvalue weighted by Gasteiger charge is -2.25. The maximum Gasteiger partial charge on any atom is 0.319 e. The van der Waals surface area contributed by atoms with Gasteiger partial charge in [0.1, 0.15) is 0 Å². The van der Waals surface area contributed by atoms with Crippen molar-refractivity contribution in [3.05, 3.63) is 0 Å². The van der Waals surface area contributed by atoms with Crippen LogP contribution in [0.1, 0.15) is 6.92 Å². The quantitative estimate of drug-likeness (QED) is 0.556. The first-order valence-corrected chi connectivity index (χ1v) is 4.65. The molecule has 0 spiro atoms. The van der Waals surface area contributed by atoms with Gasteiger partial charge >= 0.3 is 6.03 Å². The summed E-state index contributed by atoms with van der Waals surface area (Å²) < 4.78 is 5.35. The van der Waals surface area contributed by atoms with Crippen LogP contribution in [0.5, 0.6) is 0 Å². The highest BCUT2D eigenvalue weighted by molar-refractivity contribution is 5.73. The predicted octanol–water partition coefficient (Wildman–Crippen LogP) is 0.636. The van der Waals surface area contributed by atoms with E-state index >= 15 is 0 Å². The number of rotatable bonds is 0. The average molecular weight is 186 g/mol. The molecule has 1 saturated heterocycles. The third kappa shape index (κ3) is 2.88. The van der Waals surface area contributed by atoms with Crippen molar-refractivity contribution in [3.8, 4) is 0 Å². The Labute approximate surface area is 79.4 Å². The molecule has 0 aromatic carbocycles. The summed E-state index contributed by atoms with van der Waals surface area (Å²) in [4.78, 5) is 15.0. The van der Waals surface area contributed by atoms with Gasteiger partial charge in [0.05, 0.1) is 13.2 Å². The molecule has 76 valence electrons. The second-order valence-corrected chi connectivity index (χ2v) is 3.80. The van der Waals surface area contributed by atoms with Gasteiger partial charge in [-0.25, -0.2) is 4.79 Å². The van der Waals surface area contributed by atoms with Crippen LogP contribution < -0.4 is 0 Å². The summed E-state index contributed by atoms with van der Waals surface area (Å²) >= 11 is 0. The summed E-state index contributed by atoms with van der Waals surface area (Å²) in [6, 6.07) is 0.0809. The summed E-state index contributed by atoms with van der Waals surface area (Å²) in [7, 11) is 3.55. The van der Waals surface area contributed by atoms with Crippen molar-refractivity contribution in [2.75, 3.05) is 40.4 Å². The van der Waals surface area contributed by atoms with E-state index in [-0.39, 0.29) is 6.03 Å². The number of nitrogens with zero attached hydrogens (tertiary/aromatic N) is 2. The maximum absolute atomic E-state index is 11.6. The molecule has 0 aliphatic carbocycles. The van der Waals surface area contributed by atoms with E-state index in [0.29, 0.717) is 19.1 Å².